The summed E-state index contributed by atoms with van der Waals surface area (Å²) in [7, 11) is 1.67. The van der Waals surface area contributed by atoms with Gasteiger partial charge in [0.1, 0.15) is 5.75 Å². The summed E-state index contributed by atoms with van der Waals surface area (Å²) in [4.78, 5) is 13.9. The van der Waals surface area contributed by atoms with Crippen molar-refractivity contribution in [2.75, 3.05) is 23.9 Å². The largest absolute Gasteiger partial charge is 0.497 e. The maximum absolute atomic E-state index is 12.0. The molecule has 1 atom stereocenters. The summed E-state index contributed by atoms with van der Waals surface area (Å²) in [5, 5.41) is 7.35. The molecule has 0 aromatic heterocycles. The molecule has 1 saturated heterocycles. The van der Waals surface area contributed by atoms with Gasteiger partial charge in [0.05, 0.1) is 13.2 Å². The Hall–Kier alpha value is -2.60. The van der Waals surface area contributed by atoms with E-state index < -0.39 is 0 Å². The van der Waals surface area contributed by atoms with Gasteiger partial charge in [-0.25, -0.2) is 0 Å². The van der Waals surface area contributed by atoms with Gasteiger partial charge in [-0.05, 0) is 79.4 Å². The number of benzene rings is 2. The van der Waals surface area contributed by atoms with E-state index in [0.717, 1.165) is 42.1 Å². The van der Waals surface area contributed by atoms with Crippen LogP contribution in [-0.2, 0) is 4.79 Å². The zero-order valence-electron chi connectivity index (χ0n) is 18.2. The third-order valence-corrected chi connectivity index (χ3v) is 5.57. The molecule has 0 aliphatic carbocycles. The lowest BCUT2D eigenvalue weighted by Crippen LogP contribution is -2.33. The fraction of sp³-hybridized carbons (Fsp3) is 0.417. The summed E-state index contributed by atoms with van der Waals surface area (Å²) in [5.74, 6) is 1.56. The minimum Gasteiger partial charge on any atom is -0.497 e. The van der Waals surface area contributed by atoms with Crippen LogP contribution in [0.4, 0.5) is 11.4 Å². The van der Waals surface area contributed by atoms with Gasteiger partial charge < -0.3 is 20.3 Å². The van der Waals surface area contributed by atoms with Crippen molar-refractivity contribution in [1.29, 1.82) is 0 Å². The van der Waals surface area contributed by atoms with E-state index in [1.807, 2.05) is 42.2 Å². The quantitative estimate of drug-likeness (QED) is 0.597. The molecule has 5 nitrogen and oxygen atoms in total. The first-order chi connectivity index (χ1) is 14.4. The minimum atomic E-state index is 0.110. The van der Waals surface area contributed by atoms with Gasteiger partial charge in [-0.1, -0.05) is 26.0 Å². The summed E-state index contributed by atoms with van der Waals surface area (Å²) >= 11 is 5.60. The number of nitrogens with zero attached hydrogens (tertiary/aromatic N) is 1. The van der Waals surface area contributed by atoms with Crippen molar-refractivity contribution in [3.8, 4) is 5.75 Å². The normalized spacial score (nSPS) is 14.7. The smallest absolute Gasteiger partial charge is 0.227 e. The van der Waals surface area contributed by atoms with Gasteiger partial charge in [-0.15, -0.1) is 0 Å². The summed E-state index contributed by atoms with van der Waals surface area (Å²) in [6, 6.07) is 14.2. The highest BCUT2D eigenvalue weighted by atomic mass is 32.1. The van der Waals surface area contributed by atoms with Crippen LogP contribution in [0.25, 0.3) is 0 Å². The van der Waals surface area contributed by atoms with E-state index in [4.69, 9.17) is 17.0 Å². The van der Waals surface area contributed by atoms with E-state index in [9.17, 15) is 4.79 Å². The summed E-state index contributed by atoms with van der Waals surface area (Å²) in [5.41, 5.74) is 4.14. The number of hydrogen-bond acceptors (Lipinski definition) is 3. The van der Waals surface area contributed by atoms with Crippen LogP contribution in [0.1, 0.15) is 50.3 Å². The van der Waals surface area contributed by atoms with Crippen LogP contribution in [-0.4, -0.2) is 24.7 Å². The summed E-state index contributed by atoms with van der Waals surface area (Å²) in [6.07, 6.45) is 2.52. The maximum atomic E-state index is 12.0. The summed E-state index contributed by atoms with van der Waals surface area (Å²) in [6.45, 7) is 7.24. The van der Waals surface area contributed by atoms with Crippen molar-refractivity contribution < 1.29 is 9.53 Å². The van der Waals surface area contributed by atoms with Crippen LogP contribution >= 0.6 is 12.2 Å². The molecule has 1 aliphatic rings. The Kier molecular flexibility index (Phi) is 7.32. The average Bonchev–Trinajstić information content (AvgIpc) is 3.13. The van der Waals surface area contributed by atoms with Crippen molar-refractivity contribution in [2.24, 2.45) is 5.92 Å². The van der Waals surface area contributed by atoms with Gasteiger partial charge in [0, 0.05) is 24.3 Å². The standard InChI is InChI=1S/C24H31N3O2S/c1-16(2)14-21(18-7-10-20(29-4)11-8-18)26-24(30)25-19-9-12-22(17(3)15-19)27-13-5-6-23(27)28/h7-12,15-16,21H,5-6,13-14H2,1-4H3,(H2,25,26,30)/t21-/m0/s1. The molecule has 1 amide bonds. The number of carbonyl (C=O) groups is 1. The van der Waals surface area contributed by atoms with Crippen molar-refractivity contribution in [1.82, 2.24) is 5.32 Å². The van der Waals surface area contributed by atoms with Gasteiger partial charge in [0.2, 0.25) is 5.91 Å². The van der Waals surface area contributed by atoms with E-state index in [1.54, 1.807) is 7.11 Å². The van der Waals surface area contributed by atoms with E-state index >= 15 is 0 Å². The van der Waals surface area contributed by atoms with Crippen LogP contribution in [0.15, 0.2) is 42.5 Å². The average molecular weight is 426 g/mol. The Morgan fingerprint density at radius 3 is 2.50 bits per heavy atom. The molecule has 3 rings (SSSR count). The van der Waals surface area contributed by atoms with Crippen molar-refractivity contribution >= 4 is 34.6 Å². The van der Waals surface area contributed by atoms with E-state index in [2.05, 4.69) is 36.6 Å². The third-order valence-electron chi connectivity index (χ3n) is 5.35. The molecule has 1 aliphatic heterocycles. The van der Waals surface area contributed by atoms with E-state index in [0.29, 0.717) is 17.5 Å². The second-order valence-corrected chi connectivity index (χ2v) is 8.61. The molecule has 0 saturated carbocycles. The Bertz CT molecular complexity index is 896. The number of amides is 1. The lowest BCUT2D eigenvalue weighted by atomic mass is 9.97. The van der Waals surface area contributed by atoms with Crippen molar-refractivity contribution in [2.45, 2.75) is 46.1 Å². The maximum Gasteiger partial charge on any atom is 0.227 e. The van der Waals surface area contributed by atoms with Crippen LogP contribution in [0.5, 0.6) is 5.75 Å². The Labute approximate surface area is 184 Å². The fourth-order valence-corrected chi connectivity index (χ4v) is 4.11. The topological polar surface area (TPSA) is 53.6 Å². The number of aryl methyl sites for hydroxylation is 1. The first kappa shape index (κ1) is 22.1. The van der Waals surface area contributed by atoms with Crippen LogP contribution < -0.4 is 20.3 Å². The first-order valence-electron chi connectivity index (χ1n) is 10.5. The van der Waals surface area contributed by atoms with E-state index in [-0.39, 0.29) is 11.9 Å². The van der Waals surface area contributed by atoms with Gasteiger partial charge >= 0.3 is 0 Å². The predicted octanol–water partition coefficient (Wildman–Crippen LogP) is 5.20. The van der Waals surface area contributed by atoms with Crippen LogP contribution in [0.2, 0.25) is 0 Å². The molecule has 0 spiro atoms. The molecular formula is C24H31N3O2S. The molecule has 1 heterocycles. The molecule has 160 valence electrons. The Morgan fingerprint density at radius 2 is 1.93 bits per heavy atom. The SMILES string of the molecule is COc1ccc([C@H](CC(C)C)NC(=S)Nc2ccc(N3CCCC3=O)c(C)c2)cc1. The molecule has 0 unspecified atom stereocenters. The van der Waals surface area contributed by atoms with Gasteiger partial charge in [-0.2, -0.15) is 0 Å². The van der Waals surface area contributed by atoms with Crippen LogP contribution in [0.3, 0.4) is 0 Å². The molecule has 30 heavy (non-hydrogen) atoms. The van der Waals surface area contributed by atoms with Crippen molar-refractivity contribution in [3.05, 3.63) is 53.6 Å². The Balaban J connectivity index is 1.68. The van der Waals surface area contributed by atoms with Crippen molar-refractivity contribution in [3.63, 3.8) is 0 Å². The zero-order chi connectivity index (χ0) is 21.7. The lowest BCUT2D eigenvalue weighted by molar-refractivity contribution is -0.117. The predicted molar refractivity (Wildman–Crippen MR) is 127 cm³/mol. The van der Waals surface area contributed by atoms with Crippen LogP contribution in [0, 0.1) is 12.8 Å². The number of nitrogens with one attached hydrogen (secondary N) is 2. The number of carbonyl (C=O) groups excluding carboxylic acids is 1. The van der Waals surface area contributed by atoms with Gasteiger partial charge in [-0.3, -0.25) is 4.79 Å². The molecule has 2 aromatic rings. The minimum absolute atomic E-state index is 0.110. The number of anilines is 2. The third kappa shape index (κ3) is 5.51. The van der Waals surface area contributed by atoms with Gasteiger partial charge in [0.25, 0.3) is 0 Å². The highest BCUT2D eigenvalue weighted by Gasteiger charge is 2.23. The zero-order valence-corrected chi connectivity index (χ0v) is 19.0. The molecule has 2 aromatic carbocycles. The number of thiocarbonyl (C=S) groups is 1. The lowest BCUT2D eigenvalue weighted by Gasteiger charge is -2.24. The molecule has 0 radical (unpaired) electrons. The highest BCUT2D eigenvalue weighted by Crippen LogP contribution is 2.28. The monoisotopic (exact) mass is 425 g/mol. The number of rotatable bonds is 7. The molecule has 0 bridgehead atoms. The number of methoxy groups -OCH3 is 1. The second-order valence-electron chi connectivity index (χ2n) is 8.20. The fourth-order valence-electron chi connectivity index (χ4n) is 3.85. The molecule has 6 heteroatoms. The van der Waals surface area contributed by atoms with E-state index in [1.165, 1.54) is 5.56 Å². The number of ether oxygens (including phenoxy) is 1. The molecular weight excluding hydrogens is 394 g/mol. The molecule has 1 fully saturated rings. The summed E-state index contributed by atoms with van der Waals surface area (Å²) < 4.78 is 5.27. The highest BCUT2D eigenvalue weighted by molar-refractivity contribution is 7.80. The Morgan fingerprint density at radius 1 is 1.20 bits per heavy atom. The van der Waals surface area contributed by atoms with Gasteiger partial charge in [0.15, 0.2) is 5.11 Å². The first-order valence-corrected chi connectivity index (χ1v) is 10.9. The second kappa shape index (κ2) is 9.94. The molecule has 2 N–H and O–H groups in total. The number of hydrogen-bond donors (Lipinski definition) is 2.